The van der Waals surface area contributed by atoms with Crippen molar-refractivity contribution in [2.75, 3.05) is 6.61 Å². The van der Waals surface area contributed by atoms with Crippen molar-refractivity contribution >= 4 is 0 Å². The molecule has 0 fully saturated rings. The standard InChI is InChI=1S/C11H16F2N2O/c1-2-7-16-9-5-3-8(4-6-9)10(15-14)11(12)13/h3-6,10-11,15H,2,7,14H2,1H3. The third kappa shape index (κ3) is 3.43. The predicted octanol–water partition coefficient (Wildman–Crippen LogP) is 2.24. The van der Waals surface area contributed by atoms with Crippen molar-refractivity contribution in [3.05, 3.63) is 29.8 Å². The first-order valence-electron chi connectivity index (χ1n) is 5.16. The highest BCUT2D eigenvalue weighted by molar-refractivity contribution is 5.29. The van der Waals surface area contributed by atoms with Gasteiger partial charge in [-0.1, -0.05) is 19.1 Å². The lowest BCUT2D eigenvalue weighted by molar-refractivity contribution is 0.0986. The monoisotopic (exact) mass is 230 g/mol. The fourth-order valence-electron chi connectivity index (χ4n) is 1.31. The third-order valence-corrected chi connectivity index (χ3v) is 2.14. The fraction of sp³-hybridized carbons (Fsp3) is 0.455. The molecule has 1 aromatic rings. The topological polar surface area (TPSA) is 47.3 Å². The van der Waals surface area contributed by atoms with E-state index in [1.807, 2.05) is 6.92 Å². The van der Waals surface area contributed by atoms with Crippen molar-refractivity contribution in [3.8, 4) is 5.75 Å². The van der Waals surface area contributed by atoms with Gasteiger partial charge >= 0.3 is 0 Å². The van der Waals surface area contributed by atoms with Crippen LogP contribution in [0.3, 0.4) is 0 Å². The lowest BCUT2D eigenvalue weighted by Crippen LogP contribution is -2.32. The molecule has 0 radical (unpaired) electrons. The Kier molecular flexibility index (Phi) is 5.14. The summed E-state index contributed by atoms with van der Waals surface area (Å²) >= 11 is 0. The fourth-order valence-corrected chi connectivity index (χ4v) is 1.31. The molecule has 0 aromatic heterocycles. The van der Waals surface area contributed by atoms with Crippen LogP contribution in [-0.2, 0) is 0 Å². The first kappa shape index (κ1) is 12.9. The molecule has 3 nitrogen and oxygen atoms in total. The molecule has 0 aliphatic heterocycles. The summed E-state index contributed by atoms with van der Waals surface area (Å²) < 4.78 is 30.4. The Morgan fingerprint density at radius 2 is 1.94 bits per heavy atom. The van der Waals surface area contributed by atoms with Gasteiger partial charge in [0.2, 0.25) is 0 Å². The number of nitrogens with two attached hydrogens (primary N) is 1. The number of alkyl halides is 2. The molecule has 1 unspecified atom stereocenters. The van der Waals surface area contributed by atoms with Crippen LogP contribution >= 0.6 is 0 Å². The van der Waals surface area contributed by atoms with Gasteiger partial charge in [-0.15, -0.1) is 0 Å². The normalized spacial score (nSPS) is 12.8. The van der Waals surface area contributed by atoms with E-state index in [9.17, 15) is 8.78 Å². The number of nitrogens with one attached hydrogen (secondary N) is 1. The Bertz CT molecular complexity index is 303. The molecule has 0 spiro atoms. The second-order valence-corrected chi connectivity index (χ2v) is 3.40. The summed E-state index contributed by atoms with van der Waals surface area (Å²) in [6, 6.07) is 5.36. The van der Waals surface area contributed by atoms with Crippen molar-refractivity contribution in [2.24, 2.45) is 5.84 Å². The molecule has 1 atom stereocenters. The lowest BCUT2D eigenvalue weighted by atomic mass is 10.1. The van der Waals surface area contributed by atoms with Gasteiger partial charge in [0, 0.05) is 0 Å². The van der Waals surface area contributed by atoms with Gasteiger partial charge in [-0.3, -0.25) is 5.84 Å². The first-order chi connectivity index (χ1) is 7.69. The number of hydrazine groups is 1. The molecular formula is C11H16F2N2O. The van der Waals surface area contributed by atoms with Crippen LogP contribution in [0.5, 0.6) is 5.75 Å². The summed E-state index contributed by atoms with van der Waals surface area (Å²) in [5.41, 5.74) is 2.54. The molecule has 0 amide bonds. The van der Waals surface area contributed by atoms with Gasteiger partial charge in [-0.05, 0) is 24.1 Å². The Balaban J connectivity index is 2.69. The Labute approximate surface area is 93.6 Å². The van der Waals surface area contributed by atoms with Crippen LogP contribution in [0.4, 0.5) is 8.78 Å². The van der Waals surface area contributed by atoms with E-state index in [1.54, 1.807) is 24.3 Å². The maximum absolute atomic E-state index is 12.5. The Morgan fingerprint density at radius 1 is 1.31 bits per heavy atom. The van der Waals surface area contributed by atoms with Crippen LogP contribution in [0.2, 0.25) is 0 Å². The molecule has 5 heteroatoms. The number of hydrogen-bond acceptors (Lipinski definition) is 3. The van der Waals surface area contributed by atoms with Crippen LogP contribution in [0.25, 0.3) is 0 Å². The maximum Gasteiger partial charge on any atom is 0.259 e. The minimum atomic E-state index is -2.53. The van der Waals surface area contributed by atoms with Gasteiger partial charge in [0.05, 0.1) is 6.61 Å². The van der Waals surface area contributed by atoms with Crippen LogP contribution in [0.1, 0.15) is 24.9 Å². The van der Waals surface area contributed by atoms with Crippen LogP contribution in [0.15, 0.2) is 24.3 Å². The molecule has 0 heterocycles. The van der Waals surface area contributed by atoms with Crippen molar-refractivity contribution in [2.45, 2.75) is 25.8 Å². The van der Waals surface area contributed by atoms with Crippen molar-refractivity contribution in [1.29, 1.82) is 0 Å². The molecule has 0 saturated carbocycles. The number of hydrogen-bond donors (Lipinski definition) is 2. The molecule has 0 saturated heterocycles. The minimum Gasteiger partial charge on any atom is -0.494 e. The van der Waals surface area contributed by atoms with Gasteiger partial charge in [0.25, 0.3) is 6.43 Å². The van der Waals surface area contributed by atoms with Gasteiger partial charge in [0.15, 0.2) is 0 Å². The van der Waals surface area contributed by atoms with E-state index in [-0.39, 0.29) is 0 Å². The van der Waals surface area contributed by atoms with Crippen molar-refractivity contribution in [3.63, 3.8) is 0 Å². The molecule has 0 bridgehead atoms. The van der Waals surface area contributed by atoms with Gasteiger partial charge in [-0.25, -0.2) is 14.2 Å². The second-order valence-electron chi connectivity index (χ2n) is 3.40. The first-order valence-corrected chi connectivity index (χ1v) is 5.16. The molecule has 90 valence electrons. The highest BCUT2D eigenvalue weighted by Gasteiger charge is 2.20. The molecule has 0 aliphatic carbocycles. The summed E-state index contributed by atoms with van der Waals surface area (Å²) in [5.74, 6) is 5.74. The second kappa shape index (κ2) is 6.40. The minimum absolute atomic E-state index is 0.446. The molecular weight excluding hydrogens is 214 g/mol. The van der Waals surface area contributed by atoms with Crippen molar-refractivity contribution in [1.82, 2.24) is 5.43 Å². The smallest absolute Gasteiger partial charge is 0.259 e. The van der Waals surface area contributed by atoms with Crippen LogP contribution < -0.4 is 16.0 Å². The summed E-state index contributed by atoms with van der Waals surface area (Å²) in [7, 11) is 0. The number of ether oxygens (including phenoxy) is 1. The van der Waals surface area contributed by atoms with E-state index >= 15 is 0 Å². The average Bonchev–Trinajstić information content (AvgIpc) is 2.28. The van der Waals surface area contributed by atoms with E-state index in [0.717, 1.165) is 6.42 Å². The van der Waals surface area contributed by atoms with Crippen molar-refractivity contribution < 1.29 is 13.5 Å². The van der Waals surface area contributed by atoms with E-state index in [4.69, 9.17) is 10.6 Å². The molecule has 1 aromatic carbocycles. The average molecular weight is 230 g/mol. The van der Waals surface area contributed by atoms with E-state index in [0.29, 0.717) is 17.9 Å². The zero-order chi connectivity index (χ0) is 12.0. The third-order valence-electron chi connectivity index (χ3n) is 2.14. The summed E-state index contributed by atoms with van der Waals surface area (Å²) in [6.45, 7) is 2.62. The number of benzene rings is 1. The van der Waals surface area contributed by atoms with E-state index in [1.165, 1.54) is 0 Å². The molecule has 16 heavy (non-hydrogen) atoms. The molecule has 1 rings (SSSR count). The number of halogens is 2. The van der Waals surface area contributed by atoms with Crippen LogP contribution in [-0.4, -0.2) is 13.0 Å². The maximum atomic E-state index is 12.5. The Morgan fingerprint density at radius 3 is 2.38 bits per heavy atom. The van der Waals surface area contributed by atoms with Gasteiger partial charge in [-0.2, -0.15) is 0 Å². The lowest BCUT2D eigenvalue weighted by Gasteiger charge is -2.15. The Hall–Kier alpha value is -1.20. The molecule has 0 aliphatic rings. The zero-order valence-electron chi connectivity index (χ0n) is 9.12. The van der Waals surface area contributed by atoms with Crippen LogP contribution in [0, 0.1) is 0 Å². The van der Waals surface area contributed by atoms with Gasteiger partial charge < -0.3 is 4.74 Å². The molecule has 3 N–H and O–H groups in total. The largest absolute Gasteiger partial charge is 0.494 e. The summed E-state index contributed by atoms with van der Waals surface area (Å²) in [5, 5.41) is 0. The highest BCUT2D eigenvalue weighted by atomic mass is 19.3. The highest BCUT2D eigenvalue weighted by Crippen LogP contribution is 2.22. The van der Waals surface area contributed by atoms with E-state index < -0.39 is 12.5 Å². The van der Waals surface area contributed by atoms with E-state index in [2.05, 4.69) is 5.43 Å². The number of rotatable bonds is 6. The predicted molar refractivity (Wildman–Crippen MR) is 58.3 cm³/mol. The quantitative estimate of drug-likeness (QED) is 0.582. The SMILES string of the molecule is CCCOc1ccc(C(NN)C(F)F)cc1. The van der Waals surface area contributed by atoms with Gasteiger partial charge in [0.1, 0.15) is 11.8 Å². The summed E-state index contributed by atoms with van der Waals surface area (Å²) in [6.07, 6.45) is -1.63. The summed E-state index contributed by atoms with van der Waals surface area (Å²) in [4.78, 5) is 0. The zero-order valence-corrected chi connectivity index (χ0v) is 9.12.